The maximum absolute atomic E-state index is 14.3. The average Bonchev–Trinajstić information content (AvgIpc) is 2.99. The summed E-state index contributed by atoms with van der Waals surface area (Å²) in [6.07, 6.45) is 0.303. The highest BCUT2D eigenvalue weighted by Crippen LogP contribution is 2.11. The predicted molar refractivity (Wildman–Crippen MR) is 152 cm³/mol. The van der Waals surface area contributed by atoms with Gasteiger partial charge in [-0.15, -0.1) is 0 Å². The van der Waals surface area contributed by atoms with Gasteiger partial charge in [0.1, 0.15) is 23.9 Å². The Labute approximate surface area is 243 Å². The van der Waals surface area contributed by atoms with E-state index in [2.05, 4.69) is 16.0 Å². The summed E-state index contributed by atoms with van der Waals surface area (Å²) in [5.41, 5.74) is 3.43. The van der Waals surface area contributed by atoms with Gasteiger partial charge < -0.3 is 20.7 Å². The SMILES string of the molecule is CC(=O)N[C@@H](COCc1ccccc1)C(=O)N[C@H](CCc1ccccc1)C(=O)N[C@H](Cc1ccccc1F)C(=O)NO. The molecule has 0 aliphatic heterocycles. The fourth-order valence-corrected chi connectivity index (χ4v) is 4.24. The number of amides is 4. The maximum atomic E-state index is 14.3. The molecular weight excluding hydrogens is 543 g/mol. The highest BCUT2D eigenvalue weighted by molar-refractivity contribution is 5.94. The lowest BCUT2D eigenvalue weighted by Gasteiger charge is -2.25. The van der Waals surface area contributed by atoms with Crippen molar-refractivity contribution in [3.05, 3.63) is 107 Å². The molecule has 11 heteroatoms. The van der Waals surface area contributed by atoms with Crippen molar-refractivity contribution in [2.75, 3.05) is 6.61 Å². The number of hydroxylamine groups is 1. The van der Waals surface area contributed by atoms with Crippen molar-refractivity contribution < 1.29 is 33.5 Å². The zero-order valence-electron chi connectivity index (χ0n) is 23.2. The molecule has 0 saturated heterocycles. The molecule has 0 aliphatic rings. The molecule has 0 fully saturated rings. The monoisotopic (exact) mass is 578 g/mol. The number of benzene rings is 3. The number of nitrogens with one attached hydrogen (secondary N) is 4. The third-order valence-corrected chi connectivity index (χ3v) is 6.41. The largest absolute Gasteiger partial charge is 0.374 e. The van der Waals surface area contributed by atoms with Gasteiger partial charge in [-0.2, -0.15) is 0 Å². The zero-order valence-corrected chi connectivity index (χ0v) is 23.2. The van der Waals surface area contributed by atoms with Gasteiger partial charge >= 0.3 is 0 Å². The van der Waals surface area contributed by atoms with Crippen molar-refractivity contribution in [2.24, 2.45) is 0 Å². The molecule has 0 saturated carbocycles. The first-order chi connectivity index (χ1) is 20.3. The van der Waals surface area contributed by atoms with Crippen LogP contribution in [0.2, 0.25) is 0 Å². The molecule has 0 radical (unpaired) electrons. The van der Waals surface area contributed by atoms with Crippen molar-refractivity contribution in [3.8, 4) is 0 Å². The zero-order chi connectivity index (χ0) is 30.3. The highest BCUT2D eigenvalue weighted by atomic mass is 19.1. The van der Waals surface area contributed by atoms with Gasteiger partial charge in [0.2, 0.25) is 17.7 Å². The number of aryl methyl sites for hydroxylation is 1. The van der Waals surface area contributed by atoms with Gasteiger partial charge in [-0.25, -0.2) is 9.87 Å². The summed E-state index contributed by atoms with van der Waals surface area (Å²) in [4.78, 5) is 51.0. The van der Waals surface area contributed by atoms with E-state index in [9.17, 15) is 28.8 Å². The molecule has 0 heterocycles. The Kier molecular flexibility index (Phi) is 12.6. The second kappa shape index (κ2) is 16.6. The van der Waals surface area contributed by atoms with Crippen molar-refractivity contribution in [1.82, 2.24) is 21.4 Å². The molecule has 0 bridgehead atoms. The first-order valence-electron chi connectivity index (χ1n) is 13.5. The van der Waals surface area contributed by atoms with Crippen molar-refractivity contribution in [3.63, 3.8) is 0 Å². The number of ether oxygens (including phenoxy) is 1. The van der Waals surface area contributed by atoms with E-state index >= 15 is 0 Å². The summed E-state index contributed by atoms with van der Waals surface area (Å²) in [7, 11) is 0. The van der Waals surface area contributed by atoms with Crippen LogP contribution in [0.25, 0.3) is 0 Å². The molecule has 3 aromatic carbocycles. The smallest absolute Gasteiger partial charge is 0.266 e. The van der Waals surface area contributed by atoms with Crippen LogP contribution >= 0.6 is 0 Å². The van der Waals surface area contributed by atoms with Crippen LogP contribution in [0.3, 0.4) is 0 Å². The van der Waals surface area contributed by atoms with E-state index in [1.807, 2.05) is 60.7 Å². The maximum Gasteiger partial charge on any atom is 0.266 e. The quantitative estimate of drug-likeness (QED) is 0.138. The van der Waals surface area contributed by atoms with E-state index in [0.717, 1.165) is 11.1 Å². The molecule has 0 aliphatic carbocycles. The Morgan fingerprint density at radius 3 is 1.93 bits per heavy atom. The lowest BCUT2D eigenvalue weighted by Crippen LogP contribution is -2.57. The molecule has 3 atom stereocenters. The Morgan fingerprint density at radius 1 is 0.738 bits per heavy atom. The Hall–Kier alpha value is -4.61. The molecule has 5 N–H and O–H groups in total. The minimum Gasteiger partial charge on any atom is -0.374 e. The minimum atomic E-state index is -1.34. The summed E-state index contributed by atoms with van der Waals surface area (Å²) < 4.78 is 20.0. The number of rotatable bonds is 15. The molecule has 4 amide bonds. The number of carbonyl (C=O) groups excluding carboxylic acids is 4. The van der Waals surface area contributed by atoms with Crippen molar-refractivity contribution >= 4 is 23.6 Å². The molecule has 10 nitrogen and oxygen atoms in total. The van der Waals surface area contributed by atoms with Gasteiger partial charge in [0.15, 0.2) is 0 Å². The topological polar surface area (TPSA) is 146 Å². The van der Waals surface area contributed by atoms with Crippen molar-refractivity contribution in [2.45, 2.75) is 50.9 Å². The molecule has 3 rings (SSSR count). The van der Waals surface area contributed by atoms with Gasteiger partial charge in [0, 0.05) is 13.3 Å². The summed E-state index contributed by atoms with van der Waals surface area (Å²) >= 11 is 0. The van der Waals surface area contributed by atoms with Crippen LogP contribution in [0, 0.1) is 5.82 Å². The predicted octanol–water partition coefficient (Wildman–Crippen LogP) is 2.20. The van der Waals surface area contributed by atoms with Crippen LogP contribution in [0.4, 0.5) is 4.39 Å². The molecule has 3 aromatic rings. The number of carbonyl (C=O) groups is 4. The molecule has 42 heavy (non-hydrogen) atoms. The minimum absolute atomic E-state index is 0.145. The first kappa shape index (κ1) is 31.9. The summed E-state index contributed by atoms with van der Waals surface area (Å²) in [6.45, 7) is 1.31. The normalized spacial score (nSPS) is 12.8. The van der Waals surface area contributed by atoms with Gasteiger partial charge in [-0.3, -0.25) is 24.4 Å². The van der Waals surface area contributed by atoms with Crippen LogP contribution < -0.4 is 21.4 Å². The number of hydrogen-bond acceptors (Lipinski definition) is 6. The van der Waals surface area contributed by atoms with Gasteiger partial charge in [-0.05, 0) is 35.6 Å². The van der Waals surface area contributed by atoms with Crippen LogP contribution in [0.15, 0.2) is 84.9 Å². The Balaban J connectivity index is 1.75. The van der Waals surface area contributed by atoms with Crippen LogP contribution in [-0.4, -0.2) is 53.6 Å². The standard InChI is InChI=1S/C31H35FN4O6/c1-21(37)33-28(20-42-19-23-12-6-3-7-13-23)30(39)34-26(17-16-22-10-4-2-5-11-22)29(38)35-27(31(40)36-41)18-24-14-8-9-15-25(24)32/h2-15,26-28,41H,16-20H2,1H3,(H,33,37)(H,34,39)(H,35,38)(H,36,40)/t26-,27-,28+/m1/s1. The van der Waals surface area contributed by atoms with Gasteiger partial charge in [0.25, 0.3) is 5.91 Å². The second-order valence-electron chi connectivity index (χ2n) is 9.67. The number of halogens is 1. The van der Waals surface area contributed by atoms with E-state index in [0.29, 0.717) is 6.42 Å². The van der Waals surface area contributed by atoms with Gasteiger partial charge in [-0.1, -0.05) is 78.9 Å². The molecule has 0 unspecified atom stereocenters. The van der Waals surface area contributed by atoms with E-state index < -0.39 is 47.6 Å². The first-order valence-corrected chi connectivity index (χ1v) is 13.5. The molecule has 0 aromatic heterocycles. The third-order valence-electron chi connectivity index (χ3n) is 6.41. The summed E-state index contributed by atoms with van der Waals surface area (Å²) in [6, 6.07) is 20.7. The Bertz CT molecular complexity index is 1330. The van der Waals surface area contributed by atoms with Crippen LogP contribution in [0.1, 0.15) is 30.0 Å². The fraction of sp³-hybridized carbons (Fsp3) is 0.290. The molecular formula is C31H35FN4O6. The van der Waals surface area contributed by atoms with E-state index in [4.69, 9.17) is 4.74 Å². The van der Waals surface area contributed by atoms with Gasteiger partial charge in [0.05, 0.1) is 13.2 Å². The summed E-state index contributed by atoms with van der Waals surface area (Å²) in [5, 5.41) is 17.0. The average molecular weight is 579 g/mol. The lowest BCUT2D eigenvalue weighted by molar-refractivity contribution is -0.136. The highest BCUT2D eigenvalue weighted by Gasteiger charge is 2.30. The van der Waals surface area contributed by atoms with E-state index in [-0.39, 0.29) is 31.6 Å². The third kappa shape index (κ3) is 10.4. The Morgan fingerprint density at radius 2 is 1.31 bits per heavy atom. The van der Waals surface area contributed by atoms with Crippen LogP contribution in [0.5, 0.6) is 0 Å². The van der Waals surface area contributed by atoms with E-state index in [1.165, 1.54) is 30.6 Å². The lowest BCUT2D eigenvalue weighted by atomic mass is 10.0. The fourth-order valence-electron chi connectivity index (χ4n) is 4.24. The molecule has 0 spiro atoms. The van der Waals surface area contributed by atoms with Crippen molar-refractivity contribution in [1.29, 1.82) is 0 Å². The number of hydrogen-bond donors (Lipinski definition) is 5. The van der Waals surface area contributed by atoms with Crippen LogP contribution in [-0.2, 0) is 43.4 Å². The second-order valence-corrected chi connectivity index (χ2v) is 9.67. The summed E-state index contributed by atoms with van der Waals surface area (Å²) in [5.74, 6) is -3.39. The molecule has 222 valence electrons. The van der Waals surface area contributed by atoms with E-state index in [1.54, 1.807) is 6.07 Å².